The molecule has 0 aromatic carbocycles. The number of nitro groups is 1. The van der Waals surface area contributed by atoms with Crippen LogP contribution in [0.25, 0.3) is 0 Å². The molecule has 0 bridgehead atoms. The second kappa shape index (κ2) is 5.96. The van der Waals surface area contributed by atoms with Crippen molar-refractivity contribution >= 4 is 23.4 Å². The van der Waals surface area contributed by atoms with Gasteiger partial charge in [-0.2, -0.15) is 4.98 Å². The molecule has 1 heterocycles. The number of thioether (sulfide) groups is 1. The molecule has 0 unspecified atom stereocenters. The van der Waals surface area contributed by atoms with Gasteiger partial charge < -0.3 is 0 Å². The van der Waals surface area contributed by atoms with E-state index in [9.17, 15) is 10.1 Å². The molecule has 1 aromatic rings. The fourth-order valence-electron chi connectivity index (χ4n) is 2.03. The normalized spacial score (nSPS) is 15.8. The minimum Gasteiger partial charge on any atom is -0.292 e. The van der Waals surface area contributed by atoms with Gasteiger partial charge in [-0.25, -0.2) is 10.8 Å². The zero-order chi connectivity index (χ0) is 13.0. The van der Waals surface area contributed by atoms with Crippen LogP contribution in [0.1, 0.15) is 25.7 Å². The van der Waals surface area contributed by atoms with Gasteiger partial charge in [-0.15, -0.1) is 0 Å². The van der Waals surface area contributed by atoms with Crippen LogP contribution in [0.2, 0.25) is 0 Å². The summed E-state index contributed by atoms with van der Waals surface area (Å²) in [6.07, 6.45) is 6.11. The van der Waals surface area contributed by atoms with E-state index in [0.717, 1.165) is 5.75 Å². The molecule has 1 fully saturated rings. The highest BCUT2D eigenvalue weighted by atomic mass is 32.2. The minimum atomic E-state index is -0.461. The van der Waals surface area contributed by atoms with Gasteiger partial charge in [-0.05, 0) is 18.8 Å². The van der Waals surface area contributed by atoms with E-state index in [0.29, 0.717) is 10.9 Å². The largest absolute Gasteiger partial charge is 0.319 e. The molecule has 2 rings (SSSR count). The molecule has 1 aliphatic rings. The van der Waals surface area contributed by atoms with Crippen LogP contribution in [0, 0.1) is 16.0 Å². The van der Waals surface area contributed by atoms with Gasteiger partial charge in [0.1, 0.15) is 6.20 Å². The Bertz CT molecular complexity index is 436. The first-order valence-corrected chi connectivity index (χ1v) is 6.80. The van der Waals surface area contributed by atoms with Crippen LogP contribution in [0.3, 0.4) is 0 Å². The molecule has 3 N–H and O–H groups in total. The van der Waals surface area contributed by atoms with Crippen molar-refractivity contribution in [1.82, 2.24) is 9.97 Å². The molecule has 8 heteroatoms. The molecule has 0 atom stereocenters. The molecule has 1 aliphatic carbocycles. The number of nitrogens with two attached hydrogens (primary N) is 1. The number of hydrogen-bond acceptors (Lipinski definition) is 7. The fourth-order valence-corrected chi connectivity index (χ4v) is 3.19. The quantitative estimate of drug-likeness (QED) is 0.276. The van der Waals surface area contributed by atoms with Gasteiger partial charge in [0, 0.05) is 5.75 Å². The van der Waals surface area contributed by atoms with Crippen LogP contribution in [0.5, 0.6) is 0 Å². The average molecular weight is 269 g/mol. The first-order chi connectivity index (χ1) is 8.70. The molecule has 1 saturated carbocycles. The monoisotopic (exact) mass is 269 g/mol. The maximum atomic E-state index is 10.9. The van der Waals surface area contributed by atoms with Crippen LogP contribution in [0.4, 0.5) is 11.6 Å². The van der Waals surface area contributed by atoms with E-state index in [4.69, 9.17) is 5.84 Å². The number of nitrogens with zero attached hydrogens (tertiary/aromatic N) is 3. The van der Waals surface area contributed by atoms with E-state index in [1.807, 2.05) is 0 Å². The number of nitrogen functional groups attached to an aromatic ring is 1. The molecular weight excluding hydrogens is 254 g/mol. The Morgan fingerprint density at radius 3 is 2.89 bits per heavy atom. The fraction of sp³-hybridized carbons (Fsp3) is 0.600. The molecule has 1 aromatic heterocycles. The summed E-state index contributed by atoms with van der Waals surface area (Å²) in [5.74, 6) is 6.91. The second-order valence-electron chi connectivity index (χ2n) is 4.25. The summed E-state index contributed by atoms with van der Waals surface area (Å²) in [6.45, 7) is 0. The molecule has 0 aliphatic heterocycles. The van der Waals surface area contributed by atoms with E-state index >= 15 is 0 Å². The Labute approximate surface area is 109 Å². The standard InChI is InChI=1S/C10H15N5O2S/c11-14-10-12-5-8(15(16)17)9(13-10)18-6-7-3-1-2-4-7/h5,7H,1-4,6,11H2,(H,12,13,14). The third-order valence-corrected chi connectivity index (χ3v) is 4.20. The Morgan fingerprint density at radius 2 is 2.28 bits per heavy atom. The lowest BCUT2D eigenvalue weighted by Crippen LogP contribution is -2.11. The lowest BCUT2D eigenvalue weighted by molar-refractivity contribution is -0.388. The molecule has 0 amide bonds. The minimum absolute atomic E-state index is 0.0583. The summed E-state index contributed by atoms with van der Waals surface area (Å²) in [7, 11) is 0. The predicted molar refractivity (Wildman–Crippen MR) is 69.2 cm³/mol. The van der Waals surface area contributed by atoms with Gasteiger partial charge in [0.05, 0.1) is 4.92 Å². The maximum absolute atomic E-state index is 10.9. The molecule has 0 saturated heterocycles. The van der Waals surface area contributed by atoms with Gasteiger partial charge in [-0.3, -0.25) is 15.5 Å². The van der Waals surface area contributed by atoms with E-state index in [1.165, 1.54) is 43.6 Å². The van der Waals surface area contributed by atoms with Crippen molar-refractivity contribution in [2.24, 2.45) is 11.8 Å². The Balaban J connectivity index is 2.10. The first kappa shape index (κ1) is 13.0. The third-order valence-electron chi connectivity index (χ3n) is 2.99. The predicted octanol–water partition coefficient (Wildman–Crippen LogP) is 1.95. The summed E-state index contributed by atoms with van der Waals surface area (Å²) in [4.78, 5) is 18.2. The SMILES string of the molecule is NNc1ncc([N+](=O)[O-])c(SCC2CCCC2)n1. The van der Waals surface area contributed by atoms with Gasteiger partial charge in [0.25, 0.3) is 0 Å². The number of nitrogens with one attached hydrogen (secondary N) is 1. The van der Waals surface area contributed by atoms with Crippen molar-refractivity contribution < 1.29 is 4.92 Å². The zero-order valence-corrected chi connectivity index (χ0v) is 10.7. The van der Waals surface area contributed by atoms with Crippen molar-refractivity contribution in [3.05, 3.63) is 16.3 Å². The van der Waals surface area contributed by atoms with E-state index in [1.54, 1.807) is 0 Å². The van der Waals surface area contributed by atoms with E-state index < -0.39 is 4.92 Å². The van der Waals surface area contributed by atoms with Crippen molar-refractivity contribution in [2.75, 3.05) is 11.2 Å². The third kappa shape index (κ3) is 3.08. The van der Waals surface area contributed by atoms with Crippen LogP contribution >= 0.6 is 11.8 Å². The van der Waals surface area contributed by atoms with Gasteiger partial charge >= 0.3 is 5.69 Å². The number of hydrazine groups is 1. The Morgan fingerprint density at radius 1 is 1.56 bits per heavy atom. The summed E-state index contributed by atoms with van der Waals surface area (Å²) in [6, 6.07) is 0. The van der Waals surface area contributed by atoms with Crippen LogP contribution in [-0.2, 0) is 0 Å². The molecular formula is C10H15N5O2S. The smallest absolute Gasteiger partial charge is 0.292 e. The van der Waals surface area contributed by atoms with Crippen molar-refractivity contribution in [1.29, 1.82) is 0 Å². The van der Waals surface area contributed by atoms with Gasteiger partial charge in [-0.1, -0.05) is 24.6 Å². The molecule has 18 heavy (non-hydrogen) atoms. The lowest BCUT2D eigenvalue weighted by atomic mass is 10.1. The van der Waals surface area contributed by atoms with Crippen molar-refractivity contribution in [3.8, 4) is 0 Å². The molecule has 7 nitrogen and oxygen atoms in total. The van der Waals surface area contributed by atoms with Crippen molar-refractivity contribution in [3.63, 3.8) is 0 Å². The Kier molecular flexibility index (Phi) is 4.32. The van der Waals surface area contributed by atoms with Crippen LogP contribution in [0.15, 0.2) is 11.2 Å². The van der Waals surface area contributed by atoms with Gasteiger partial charge in [0.2, 0.25) is 5.95 Å². The highest BCUT2D eigenvalue weighted by Crippen LogP contribution is 2.33. The molecule has 98 valence electrons. The molecule has 0 radical (unpaired) electrons. The topological polar surface area (TPSA) is 107 Å². The number of rotatable bonds is 5. The summed E-state index contributed by atoms with van der Waals surface area (Å²) in [5.41, 5.74) is 2.24. The average Bonchev–Trinajstić information content (AvgIpc) is 2.88. The van der Waals surface area contributed by atoms with Crippen LogP contribution in [-0.4, -0.2) is 20.6 Å². The molecule has 0 spiro atoms. The van der Waals surface area contributed by atoms with E-state index in [2.05, 4.69) is 15.4 Å². The van der Waals surface area contributed by atoms with Crippen molar-refractivity contribution in [2.45, 2.75) is 30.7 Å². The zero-order valence-electron chi connectivity index (χ0n) is 9.83. The Hall–Kier alpha value is -1.41. The maximum Gasteiger partial charge on any atom is 0.319 e. The highest BCUT2D eigenvalue weighted by molar-refractivity contribution is 7.99. The number of anilines is 1. The van der Waals surface area contributed by atoms with Gasteiger partial charge in [0.15, 0.2) is 5.03 Å². The number of aromatic nitrogens is 2. The second-order valence-corrected chi connectivity index (χ2v) is 5.26. The van der Waals surface area contributed by atoms with Crippen LogP contribution < -0.4 is 11.3 Å². The first-order valence-electron chi connectivity index (χ1n) is 5.81. The number of hydrogen-bond donors (Lipinski definition) is 2. The summed E-state index contributed by atoms with van der Waals surface area (Å²) >= 11 is 1.41. The lowest BCUT2D eigenvalue weighted by Gasteiger charge is -2.08. The van der Waals surface area contributed by atoms with E-state index in [-0.39, 0.29) is 11.6 Å². The highest BCUT2D eigenvalue weighted by Gasteiger charge is 2.21. The summed E-state index contributed by atoms with van der Waals surface area (Å²) < 4.78 is 0. The summed E-state index contributed by atoms with van der Waals surface area (Å²) in [5, 5.41) is 11.3.